The third kappa shape index (κ3) is 0.825. The molecule has 0 aromatic heterocycles. The first kappa shape index (κ1) is 4.35. The molecule has 1 fully saturated rings. The first-order valence-corrected chi connectivity index (χ1v) is 2.91. The summed E-state index contributed by atoms with van der Waals surface area (Å²) in [5.41, 5.74) is 0. The van der Waals surface area contributed by atoms with Crippen LogP contribution in [0.5, 0.6) is 0 Å². The Morgan fingerprint density at radius 1 is 1.67 bits per heavy atom. The van der Waals surface area contributed by atoms with Gasteiger partial charge in [-0.1, -0.05) is 0 Å². The Bertz CT molecular complexity index is 61.9. The molecule has 0 saturated carbocycles. The van der Waals surface area contributed by atoms with Crippen LogP contribution in [0, 0.1) is 0 Å². The normalized spacial score (nSPS) is 21.0. The molecule has 1 aliphatic rings. The standard InChI is InChI=1S/C4H6OSe/c6-4-2-1-3-5-4/h1-3H2. The van der Waals surface area contributed by atoms with E-state index >= 15 is 0 Å². The predicted molar refractivity (Wildman–Crippen MR) is 25.9 cm³/mol. The van der Waals surface area contributed by atoms with Crippen molar-refractivity contribution in [2.75, 3.05) is 6.61 Å². The van der Waals surface area contributed by atoms with E-state index in [1.165, 1.54) is 6.42 Å². The molecule has 34 valence electrons. The van der Waals surface area contributed by atoms with Gasteiger partial charge in [-0.3, -0.25) is 0 Å². The summed E-state index contributed by atoms with van der Waals surface area (Å²) >= 11 is 2.83. The van der Waals surface area contributed by atoms with E-state index in [2.05, 4.69) is 15.6 Å². The summed E-state index contributed by atoms with van der Waals surface area (Å²) in [5.74, 6) is 0. The second-order valence-electron chi connectivity index (χ2n) is 1.32. The van der Waals surface area contributed by atoms with E-state index in [9.17, 15) is 0 Å². The zero-order valence-electron chi connectivity index (χ0n) is 3.44. The van der Waals surface area contributed by atoms with Crippen molar-refractivity contribution in [3.8, 4) is 0 Å². The van der Waals surface area contributed by atoms with Crippen LogP contribution in [-0.2, 0) is 4.74 Å². The zero-order valence-corrected chi connectivity index (χ0v) is 5.15. The molecule has 0 N–H and O–H groups in total. The van der Waals surface area contributed by atoms with E-state index in [-0.39, 0.29) is 0 Å². The number of ether oxygens (including phenoxy) is 1. The summed E-state index contributed by atoms with van der Waals surface area (Å²) in [5, 5.41) is 0. The quantitative estimate of drug-likeness (QED) is 0.443. The second-order valence-corrected chi connectivity index (χ2v) is 2.28. The molecule has 0 amide bonds. The van der Waals surface area contributed by atoms with Gasteiger partial charge in [0.15, 0.2) is 0 Å². The fraction of sp³-hybridized carbons (Fsp3) is 0.750. The average Bonchev–Trinajstić information content (AvgIpc) is 1.86. The maximum absolute atomic E-state index is 5.01. The van der Waals surface area contributed by atoms with E-state index in [4.69, 9.17) is 4.74 Å². The minimum absolute atomic E-state index is 0.919. The molecule has 0 atom stereocenters. The Kier molecular flexibility index (Phi) is 1.28. The average molecular weight is 149 g/mol. The van der Waals surface area contributed by atoms with Gasteiger partial charge in [0.1, 0.15) is 0 Å². The van der Waals surface area contributed by atoms with Crippen molar-refractivity contribution < 1.29 is 4.74 Å². The molecular weight excluding hydrogens is 143 g/mol. The van der Waals surface area contributed by atoms with Crippen LogP contribution in [0.3, 0.4) is 0 Å². The van der Waals surface area contributed by atoms with Gasteiger partial charge in [-0.2, -0.15) is 0 Å². The molecule has 6 heavy (non-hydrogen) atoms. The van der Waals surface area contributed by atoms with Crippen LogP contribution in [0.15, 0.2) is 0 Å². The monoisotopic (exact) mass is 150 g/mol. The number of hydrogen-bond acceptors (Lipinski definition) is 1. The van der Waals surface area contributed by atoms with Gasteiger partial charge in [-0.05, 0) is 0 Å². The van der Waals surface area contributed by atoms with Gasteiger partial charge < -0.3 is 0 Å². The van der Waals surface area contributed by atoms with Crippen molar-refractivity contribution in [3.63, 3.8) is 0 Å². The van der Waals surface area contributed by atoms with Crippen LogP contribution < -0.4 is 0 Å². The first-order chi connectivity index (χ1) is 2.89. The van der Waals surface area contributed by atoms with Crippen molar-refractivity contribution in [1.29, 1.82) is 0 Å². The fourth-order valence-corrected chi connectivity index (χ4v) is 0.952. The number of hydrogen-bond donors (Lipinski definition) is 0. The molecule has 0 aromatic carbocycles. The third-order valence-electron chi connectivity index (χ3n) is 0.788. The molecule has 1 nitrogen and oxygen atoms in total. The van der Waals surface area contributed by atoms with Crippen molar-refractivity contribution in [1.82, 2.24) is 0 Å². The maximum atomic E-state index is 5.01. The summed E-state index contributed by atoms with van der Waals surface area (Å²) in [6.07, 6.45) is 2.32. The van der Waals surface area contributed by atoms with Gasteiger partial charge in [-0.15, -0.1) is 0 Å². The van der Waals surface area contributed by atoms with Gasteiger partial charge in [0.2, 0.25) is 0 Å². The summed E-state index contributed by atoms with van der Waals surface area (Å²) < 4.78 is 6.09. The van der Waals surface area contributed by atoms with E-state index in [0.717, 1.165) is 17.6 Å². The molecule has 1 rings (SSSR count). The van der Waals surface area contributed by atoms with Crippen LogP contribution in [-0.4, -0.2) is 26.8 Å². The van der Waals surface area contributed by atoms with Gasteiger partial charge in [0.25, 0.3) is 0 Å². The van der Waals surface area contributed by atoms with Gasteiger partial charge in [0, 0.05) is 0 Å². The fourth-order valence-electron chi connectivity index (χ4n) is 0.475. The van der Waals surface area contributed by atoms with E-state index in [0.29, 0.717) is 0 Å². The Morgan fingerprint density at radius 3 is 2.67 bits per heavy atom. The Hall–Kier alpha value is 0.189. The van der Waals surface area contributed by atoms with Crippen LogP contribution in [0.1, 0.15) is 12.8 Å². The van der Waals surface area contributed by atoms with E-state index in [1.807, 2.05) is 0 Å². The molecule has 2 heteroatoms. The van der Waals surface area contributed by atoms with E-state index < -0.39 is 0 Å². The van der Waals surface area contributed by atoms with Crippen molar-refractivity contribution in [3.05, 3.63) is 0 Å². The van der Waals surface area contributed by atoms with Crippen LogP contribution >= 0.6 is 0 Å². The molecule has 0 aromatic rings. The van der Waals surface area contributed by atoms with Crippen LogP contribution in [0.4, 0.5) is 0 Å². The van der Waals surface area contributed by atoms with Crippen LogP contribution in [0.2, 0.25) is 0 Å². The molecule has 1 aliphatic heterocycles. The topological polar surface area (TPSA) is 9.23 Å². The molecule has 0 unspecified atom stereocenters. The predicted octanol–water partition coefficient (Wildman–Crippen LogP) is 0.0952. The summed E-state index contributed by atoms with van der Waals surface area (Å²) in [6.45, 7) is 0.919. The summed E-state index contributed by atoms with van der Waals surface area (Å²) in [7, 11) is 0. The molecule has 1 heterocycles. The minimum atomic E-state index is 0.919. The van der Waals surface area contributed by atoms with Crippen LogP contribution in [0.25, 0.3) is 0 Å². The molecule has 0 bridgehead atoms. The van der Waals surface area contributed by atoms with Crippen molar-refractivity contribution in [2.45, 2.75) is 12.8 Å². The van der Waals surface area contributed by atoms with Crippen molar-refractivity contribution >= 4 is 20.2 Å². The number of rotatable bonds is 0. The van der Waals surface area contributed by atoms with Gasteiger partial charge in [-0.25, -0.2) is 0 Å². The Balaban J connectivity index is 2.37. The molecular formula is C4H6OSe. The van der Waals surface area contributed by atoms with Gasteiger partial charge >= 0.3 is 44.4 Å². The summed E-state index contributed by atoms with van der Waals surface area (Å²) in [4.78, 5) is 0. The summed E-state index contributed by atoms with van der Waals surface area (Å²) in [6, 6.07) is 0. The molecule has 1 saturated heterocycles. The molecule has 0 aliphatic carbocycles. The van der Waals surface area contributed by atoms with E-state index in [1.54, 1.807) is 0 Å². The Morgan fingerprint density at radius 2 is 2.50 bits per heavy atom. The third-order valence-corrected chi connectivity index (χ3v) is 1.46. The molecule has 0 radical (unpaired) electrons. The SMILES string of the molecule is [Se]=C1CCCO1. The van der Waals surface area contributed by atoms with Crippen molar-refractivity contribution in [2.24, 2.45) is 0 Å². The second kappa shape index (κ2) is 1.76. The van der Waals surface area contributed by atoms with Gasteiger partial charge in [0.05, 0.1) is 0 Å². The first-order valence-electron chi connectivity index (χ1n) is 2.05. The zero-order chi connectivity index (χ0) is 4.41. The molecule has 0 spiro atoms. The Labute approximate surface area is 45.0 Å².